The molecule has 0 amide bonds. The van der Waals surface area contributed by atoms with E-state index in [2.05, 4.69) is 15.0 Å². The van der Waals surface area contributed by atoms with E-state index >= 15 is 0 Å². The van der Waals surface area contributed by atoms with Gasteiger partial charge in [0.2, 0.25) is 0 Å². The third-order valence-corrected chi connectivity index (χ3v) is 4.51. The highest BCUT2D eigenvalue weighted by atomic mass is 19.1. The van der Waals surface area contributed by atoms with E-state index in [0.29, 0.717) is 23.3 Å². The first-order valence-corrected chi connectivity index (χ1v) is 8.23. The molecule has 3 heterocycles. The molecule has 5 nitrogen and oxygen atoms in total. The molecule has 1 aromatic carbocycles. The number of pyridine rings is 1. The van der Waals surface area contributed by atoms with Crippen molar-refractivity contribution in [2.75, 3.05) is 11.4 Å². The van der Waals surface area contributed by atoms with Crippen molar-refractivity contribution in [1.29, 1.82) is 0 Å². The molecular weight excluding hydrogens is 326 g/mol. The Morgan fingerprint density at radius 2 is 2.00 bits per heavy atom. The van der Waals surface area contributed by atoms with Gasteiger partial charge in [-0.1, -0.05) is 0 Å². The predicted octanol–water partition coefficient (Wildman–Crippen LogP) is 2.92. The number of rotatable bonds is 2. The second-order valence-electron chi connectivity index (χ2n) is 6.35. The molecule has 1 aliphatic rings. The van der Waals surface area contributed by atoms with E-state index in [-0.39, 0.29) is 12.1 Å². The Morgan fingerprint density at radius 3 is 2.80 bits per heavy atom. The van der Waals surface area contributed by atoms with Gasteiger partial charge in [-0.25, -0.2) is 13.8 Å². The average Bonchev–Trinajstić information content (AvgIpc) is 2.86. The number of benzene rings is 1. The van der Waals surface area contributed by atoms with Crippen LogP contribution < -0.4 is 4.90 Å². The zero-order chi connectivity index (χ0) is 17.6. The molecule has 0 bridgehead atoms. The molecule has 1 aliphatic heterocycles. The summed E-state index contributed by atoms with van der Waals surface area (Å²) in [5.74, 6) is -1.26. The smallest absolute Gasteiger partial charge is 0.152 e. The fraction of sp³-hybridized carbons (Fsp3) is 0.333. The third kappa shape index (κ3) is 2.84. The molecule has 7 heteroatoms. The predicted molar refractivity (Wildman–Crippen MR) is 90.2 cm³/mol. The van der Waals surface area contributed by atoms with Gasteiger partial charge in [0.15, 0.2) is 5.82 Å². The first-order chi connectivity index (χ1) is 12.0. The molecule has 0 saturated heterocycles. The maximum absolute atomic E-state index is 14.2. The minimum atomic E-state index is -0.651. The molecule has 0 atom stereocenters. The highest BCUT2D eigenvalue weighted by Gasteiger charge is 2.20. The molecule has 4 rings (SSSR count). The van der Waals surface area contributed by atoms with Gasteiger partial charge in [0.05, 0.1) is 24.5 Å². The number of hydrogen-bond acceptors (Lipinski definition) is 4. The van der Waals surface area contributed by atoms with Crippen LogP contribution in [0.5, 0.6) is 0 Å². The molecular formula is C18H18F2N4O. The Balaban J connectivity index is 1.83. The van der Waals surface area contributed by atoms with Crippen LogP contribution in [0.25, 0.3) is 10.9 Å². The summed E-state index contributed by atoms with van der Waals surface area (Å²) in [6, 6.07) is 5.93. The van der Waals surface area contributed by atoms with Crippen LogP contribution in [0.4, 0.5) is 14.5 Å². The van der Waals surface area contributed by atoms with E-state index in [9.17, 15) is 13.9 Å². The number of halogens is 2. The summed E-state index contributed by atoms with van der Waals surface area (Å²) in [5, 5.41) is 14.1. The number of aliphatic hydroxyl groups is 1. The molecule has 0 aliphatic carbocycles. The van der Waals surface area contributed by atoms with Crippen molar-refractivity contribution in [3.05, 3.63) is 53.0 Å². The number of anilines is 1. The maximum Gasteiger partial charge on any atom is 0.152 e. The Hall–Kier alpha value is -2.54. The van der Waals surface area contributed by atoms with Gasteiger partial charge in [-0.3, -0.25) is 4.68 Å². The fourth-order valence-electron chi connectivity index (χ4n) is 3.43. The van der Waals surface area contributed by atoms with Crippen LogP contribution in [0.15, 0.2) is 24.3 Å². The van der Waals surface area contributed by atoms with Crippen molar-refractivity contribution in [1.82, 2.24) is 14.8 Å². The van der Waals surface area contributed by atoms with Crippen LogP contribution in [0.3, 0.4) is 0 Å². The van der Waals surface area contributed by atoms with Crippen molar-refractivity contribution >= 4 is 16.6 Å². The van der Waals surface area contributed by atoms with Crippen molar-refractivity contribution in [2.24, 2.45) is 0 Å². The Labute approximate surface area is 143 Å². The number of aryl methyl sites for hydroxylation is 2. The Kier molecular flexibility index (Phi) is 3.88. The molecule has 0 fully saturated rings. The lowest BCUT2D eigenvalue weighted by Crippen LogP contribution is -2.23. The quantitative estimate of drug-likeness (QED) is 0.777. The molecule has 3 aromatic rings. The van der Waals surface area contributed by atoms with E-state index < -0.39 is 11.6 Å². The average molecular weight is 344 g/mol. The van der Waals surface area contributed by atoms with Crippen LogP contribution >= 0.6 is 0 Å². The lowest BCUT2D eigenvalue weighted by atomic mass is 10.1. The van der Waals surface area contributed by atoms with Gasteiger partial charge in [0.1, 0.15) is 11.3 Å². The molecule has 25 heavy (non-hydrogen) atoms. The summed E-state index contributed by atoms with van der Waals surface area (Å²) in [4.78, 5) is 6.33. The summed E-state index contributed by atoms with van der Waals surface area (Å²) in [6.07, 6.45) is 0.847. The summed E-state index contributed by atoms with van der Waals surface area (Å²) in [6.45, 7) is 3.75. The first kappa shape index (κ1) is 16.0. The fourth-order valence-corrected chi connectivity index (χ4v) is 3.43. The van der Waals surface area contributed by atoms with Crippen LogP contribution in [0.2, 0.25) is 0 Å². The molecule has 130 valence electrons. The monoisotopic (exact) mass is 344 g/mol. The van der Waals surface area contributed by atoms with Crippen LogP contribution in [-0.2, 0) is 19.7 Å². The highest BCUT2D eigenvalue weighted by Crippen LogP contribution is 2.31. The van der Waals surface area contributed by atoms with Crippen molar-refractivity contribution in [3.63, 3.8) is 0 Å². The standard InChI is InChI=1S/C18H18F2N4O/c1-11-5-17(15-6-12(19)7-16(20)18(15)21-11)23-3-2-4-24-14(9-23)8-13(10-25)22-24/h5-8,25H,2-4,9-10H2,1H3. The van der Waals surface area contributed by atoms with Gasteiger partial charge in [-0.05, 0) is 31.5 Å². The zero-order valence-corrected chi connectivity index (χ0v) is 13.8. The zero-order valence-electron chi connectivity index (χ0n) is 13.8. The van der Waals surface area contributed by atoms with Crippen molar-refractivity contribution in [2.45, 2.75) is 33.0 Å². The van der Waals surface area contributed by atoms with Crippen molar-refractivity contribution < 1.29 is 13.9 Å². The van der Waals surface area contributed by atoms with E-state index in [1.54, 1.807) is 6.92 Å². The SMILES string of the molecule is Cc1cc(N2CCCn3nc(CO)cc3C2)c2cc(F)cc(F)c2n1. The number of aliphatic hydroxyl groups excluding tert-OH is 1. The normalized spacial score (nSPS) is 14.6. The molecule has 0 radical (unpaired) electrons. The van der Waals surface area contributed by atoms with Crippen LogP contribution in [0, 0.1) is 18.6 Å². The lowest BCUT2D eigenvalue weighted by molar-refractivity contribution is 0.275. The van der Waals surface area contributed by atoms with Gasteiger partial charge in [0.25, 0.3) is 0 Å². The molecule has 0 unspecified atom stereocenters. The largest absolute Gasteiger partial charge is 0.390 e. The summed E-state index contributed by atoms with van der Waals surface area (Å²) in [5.41, 5.74) is 3.24. The second kappa shape index (κ2) is 6.07. The van der Waals surface area contributed by atoms with E-state index in [1.807, 2.05) is 16.8 Å². The van der Waals surface area contributed by atoms with Crippen LogP contribution in [-0.4, -0.2) is 26.4 Å². The van der Waals surface area contributed by atoms with E-state index in [1.165, 1.54) is 6.07 Å². The van der Waals surface area contributed by atoms with Crippen molar-refractivity contribution in [3.8, 4) is 0 Å². The lowest BCUT2D eigenvalue weighted by Gasteiger charge is -2.24. The number of hydrogen-bond donors (Lipinski definition) is 1. The number of fused-ring (bicyclic) bond motifs is 2. The number of nitrogens with zero attached hydrogens (tertiary/aromatic N) is 4. The maximum atomic E-state index is 14.2. The Morgan fingerprint density at radius 1 is 1.16 bits per heavy atom. The molecule has 1 N–H and O–H groups in total. The third-order valence-electron chi connectivity index (χ3n) is 4.51. The topological polar surface area (TPSA) is 54.2 Å². The molecule has 0 spiro atoms. The molecule has 0 saturated carbocycles. The van der Waals surface area contributed by atoms with Gasteiger partial charge in [0, 0.05) is 35.9 Å². The number of aromatic nitrogens is 3. The van der Waals surface area contributed by atoms with Crippen LogP contribution in [0.1, 0.15) is 23.5 Å². The van der Waals surface area contributed by atoms with Gasteiger partial charge in [-0.15, -0.1) is 0 Å². The first-order valence-electron chi connectivity index (χ1n) is 8.23. The minimum absolute atomic E-state index is 0.103. The second-order valence-corrected chi connectivity index (χ2v) is 6.35. The highest BCUT2D eigenvalue weighted by molar-refractivity contribution is 5.92. The van der Waals surface area contributed by atoms with Gasteiger partial charge in [-0.2, -0.15) is 5.10 Å². The van der Waals surface area contributed by atoms with Gasteiger partial charge >= 0.3 is 0 Å². The van der Waals surface area contributed by atoms with Gasteiger partial charge < -0.3 is 10.0 Å². The molecule has 2 aromatic heterocycles. The summed E-state index contributed by atoms with van der Waals surface area (Å²) in [7, 11) is 0. The summed E-state index contributed by atoms with van der Waals surface area (Å²) < 4.78 is 29.9. The Bertz CT molecular complexity index is 954. The summed E-state index contributed by atoms with van der Waals surface area (Å²) >= 11 is 0. The van der Waals surface area contributed by atoms with E-state index in [4.69, 9.17) is 0 Å². The van der Waals surface area contributed by atoms with E-state index in [0.717, 1.165) is 37.0 Å². The minimum Gasteiger partial charge on any atom is -0.390 e.